The average molecular weight is 455 g/mol. The summed E-state index contributed by atoms with van der Waals surface area (Å²) in [5, 5.41) is 7.09. The van der Waals surface area contributed by atoms with E-state index in [1.165, 1.54) is 18.2 Å². The molecule has 1 heterocycles. The lowest BCUT2D eigenvalue weighted by atomic mass is 10.1. The number of sulfonamides is 1. The Morgan fingerprint density at radius 3 is 2.61 bits per heavy atom. The molecule has 0 unspecified atom stereocenters. The van der Waals surface area contributed by atoms with Crippen molar-refractivity contribution in [3.63, 3.8) is 0 Å². The highest BCUT2D eigenvalue weighted by Crippen LogP contribution is 2.31. The van der Waals surface area contributed by atoms with Crippen molar-refractivity contribution in [3.8, 4) is 5.75 Å². The van der Waals surface area contributed by atoms with Crippen molar-refractivity contribution in [2.75, 3.05) is 12.4 Å². The summed E-state index contributed by atoms with van der Waals surface area (Å²) in [7, 11) is -3.58. The topological polar surface area (TPSA) is 126 Å². The van der Waals surface area contributed by atoms with Gasteiger partial charge in [-0.3, -0.25) is 5.32 Å². The minimum absolute atomic E-state index is 0.134. The number of hydrogen-bond acceptors (Lipinski definition) is 5. The van der Waals surface area contributed by atoms with Crippen LogP contribution in [0.4, 0.5) is 14.0 Å². The third-order valence-electron chi connectivity index (χ3n) is 4.91. The van der Waals surface area contributed by atoms with E-state index in [9.17, 15) is 22.4 Å². The smallest absolute Gasteiger partial charge is 0.324 e. The van der Waals surface area contributed by atoms with Crippen LogP contribution < -0.4 is 25.4 Å². The molecular formula is C20H27FN4O5S. The first kappa shape index (κ1) is 23.0. The predicted molar refractivity (Wildman–Crippen MR) is 112 cm³/mol. The van der Waals surface area contributed by atoms with E-state index >= 15 is 0 Å². The van der Waals surface area contributed by atoms with Crippen molar-refractivity contribution in [1.82, 2.24) is 20.7 Å². The molecule has 170 valence electrons. The van der Waals surface area contributed by atoms with Crippen LogP contribution >= 0.6 is 0 Å². The zero-order chi connectivity index (χ0) is 22.4. The minimum Gasteiger partial charge on any atom is -0.490 e. The summed E-state index contributed by atoms with van der Waals surface area (Å²) >= 11 is 0. The maximum Gasteiger partial charge on any atom is 0.324 e. The number of ether oxygens (including phenoxy) is 1. The van der Waals surface area contributed by atoms with Gasteiger partial charge in [0.2, 0.25) is 10.0 Å². The molecular weight excluding hydrogens is 427 g/mol. The first-order valence-corrected chi connectivity index (χ1v) is 11.8. The molecule has 1 aliphatic heterocycles. The van der Waals surface area contributed by atoms with E-state index < -0.39 is 40.1 Å². The van der Waals surface area contributed by atoms with E-state index in [1.54, 1.807) is 19.1 Å². The van der Waals surface area contributed by atoms with Gasteiger partial charge in [0, 0.05) is 12.5 Å². The highest BCUT2D eigenvalue weighted by Gasteiger charge is 2.23. The predicted octanol–water partition coefficient (Wildman–Crippen LogP) is 2.28. The van der Waals surface area contributed by atoms with E-state index in [4.69, 9.17) is 4.74 Å². The number of amides is 4. The van der Waals surface area contributed by atoms with Gasteiger partial charge in [0.1, 0.15) is 6.17 Å². The third-order valence-corrected chi connectivity index (χ3v) is 6.40. The van der Waals surface area contributed by atoms with Crippen molar-refractivity contribution in [2.45, 2.75) is 44.8 Å². The van der Waals surface area contributed by atoms with Crippen LogP contribution in [-0.4, -0.2) is 39.0 Å². The lowest BCUT2D eigenvalue weighted by Crippen LogP contribution is -2.61. The van der Waals surface area contributed by atoms with E-state index in [0.29, 0.717) is 24.5 Å². The number of imide groups is 1. The van der Waals surface area contributed by atoms with Crippen LogP contribution in [0.1, 0.15) is 44.2 Å². The van der Waals surface area contributed by atoms with Gasteiger partial charge < -0.3 is 15.4 Å². The Kier molecular flexibility index (Phi) is 7.50. The van der Waals surface area contributed by atoms with Crippen LogP contribution in [0, 0.1) is 11.7 Å². The molecule has 4 N–H and O–H groups in total. The largest absolute Gasteiger partial charge is 0.490 e. The summed E-state index contributed by atoms with van der Waals surface area (Å²) in [4.78, 5) is 22.4. The van der Waals surface area contributed by atoms with Gasteiger partial charge in [-0.1, -0.05) is 18.2 Å². The van der Waals surface area contributed by atoms with Crippen LogP contribution in [0.5, 0.6) is 5.75 Å². The Hall–Kier alpha value is -2.66. The van der Waals surface area contributed by atoms with E-state index in [1.807, 2.05) is 5.32 Å². The molecule has 0 aromatic heterocycles. The number of rotatable bonds is 11. The van der Waals surface area contributed by atoms with Gasteiger partial charge in [-0.05, 0) is 49.8 Å². The number of carbonyl (C=O) groups is 2. The summed E-state index contributed by atoms with van der Waals surface area (Å²) in [5.41, 5.74) is 0.615. The molecule has 11 heteroatoms. The maximum absolute atomic E-state index is 13.9. The Morgan fingerprint density at radius 1 is 1.23 bits per heavy atom. The van der Waals surface area contributed by atoms with Crippen molar-refractivity contribution < 1.29 is 27.1 Å². The molecule has 0 radical (unpaired) electrons. The number of carbonyl (C=O) groups excluding carboxylic acids is 2. The second-order valence-corrected chi connectivity index (χ2v) is 9.60. The zero-order valence-corrected chi connectivity index (χ0v) is 18.0. The Morgan fingerprint density at radius 2 is 1.94 bits per heavy atom. The number of allylic oxidation sites excluding steroid dienone is 1. The van der Waals surface area contributed by atoms with Gasteiger partial charge in [0.15, 0.2) is 11.6 Å². The monoisotopic (exact) mass is 454 g/mol. The van der Waals surface area contributed by atoms with Crippen LogP contribution in [0.15, 0.2) is 30.4 Å². The molecule has 9 nitrogen and oxygen atoms in total. The summed E-state index contributed by atoms with van der Waals surface area (Å²) in [5.74, 6) is 0.0147. The average Bonchev–Trinajstić information content (AvgIpc) is 3.50. The van der Waals surface area contributed by atoms with E-state index in [2.05, 4.69) is 15.4 Å². The fourth-order valence-corrected chi connectivity index (χ4v) is 4.25. The molecule has 1 atom stereocenters. The molecule has 3 rings (SSSR count). The van der Waals surface area contributed by atoms with Crippen LogP contribution in [0.25, 0.3) is 0 Å². The molecule has 1 saturated heterocycles. The maximum atomic E-state index is 13.9. The molecule has 2 fully saturated rings. The number of urea groups is 2. The van der Waals surface area contributed by atoms with Crippen LogP contribution in [0.3, 0.4) is 0 Å². The van der Waals surface area contributed by atoms with Gasteiger partial charge in [0.05, 0.1) is 12.4 Å². The second-order valence-electron chi connectivity index (χ2n) is 7.72. The van der Waals surface area contributed by atoms with Crippen LogP contribution in [0.2, 0.25) is 0 Å². The van der Waals surface area contributed by atoms with Gasteiger partial charge in [-0.15, -0.1) is 0 Å². The quantitative estimate of drug-likeness (QED) is 0.382. The SMILES string of the molecule is C[C@@H](NS(=O)(=O)CC/C=C/CC1NC(=O)NC(=O)N1)c1ccc(F)c(OCC2CC2)c1. The zero-order valence-electron chi connectivity index (χ0n) is 17.2. The number of benzene rings is 1. The fraction of sp³-hybridized carbons (Fsp3) is 0.500. The summed E-state index contributed by atoms with van der Waals surface area (Å²) in [6.07, 6.45) is 5.60. The normalized spacial score (nSPS) is 18.4. The lowest BCUT2D eigenvalue weighted by Gasteiger charge is -2.23. The summed E-state index contributed by atoms with van der Waals surface area (Å²) in [6.45, 7) is 2.16. The Labute approximate surface area is 180 Å². The van der Waals surface area contributed by atoms with Crippen molar-refractivity contribution in [1.29, 1.82) is 0 Å². The lowest BCUT2D eigenvalue weighted by molar-refractivity contribution is 0.209. The molecule has 2 aliphatic rings. The Bertz CT molecular complexity index is 933. The highest BCUT2D eigenvalue weighted by molar-refractivity contribution is 7.89. The molecule has 0 spiro atoms. The number of hydrogen-bond donors (Lipinski definition) is 4. The number of halogens is 1. The second kappa shape index (κ2) is 10.1. The molecule has 1 aromatic rings. The van der Waals surface area contributed by atoms with Crippen molar-refractivity contribution in [2.24, 2.45) is 5.92 Å². The molecule has 1 aliphatic carbocycles. The fourth-order valence-electron chi connectivity index (χ4n) is 3.01. The highest BCUT2D eigenvalue weighted by atomic mass is 32.2. The first-order valence-electron chi connectivity index (χ1n) is 10.2. The first-order chi connectivity index (χ1) is 14.7. The third kappa shape index (κ3) is 7.51. The number of nitrogens with one attached hydrogen (secondary N) is 4. The summed E-state index contributed by atoms with van der Waals surface area (Å²) < 4.78 is 46.8. The summed E-state index contributed by atoms with van der Waals surface area (Å²) in [6, 6.07) is 2.65. The standard InChI is InChI=1S/C20H27FN4O5S/c1-13(15-8-9-16(21)17(11-15)30-12-14-6-7-14)25-31(28,29)10-4-2-3-5-18-22-19(26)24-20(27)23-18/h2-3,8-9,11,13-14,18,25H,4-7,10,12H2,1H3,(H3,22,23,24,26,27)/b3-2+/t13-/m1/s1. The van der Waals surface area contributed by atoms with Gasteiger partial charge in [-0.25, -0.2) is 27.1 Å². The minimum atomic E-state index is -3.58. The molecule has 1 saturated carbocycles. The Balaban J connectivity index is 1.45. The van der Waals surface area contributed by atoms with Gasteiger partial charge >= 0.3 is 12.1 Å². The van der Waals surface area contributed by atoms with Crippen molar-refractivity contribution in [3.05, 3.63) is 41.7 Å². The molecule has 0 bridgehead atoms. The molecule has 4 amide bonds. The van der Waals surface area contributed by atoms with E-state index in [-0.39, 0.29) is 17.9 Å². The van der Waals surface area contributed by atoms with Crippen molar-refractivity contribution >= 4 is 22.1 Å². The van der Waals surface area contributed by atoms with Crippen LogP contribution in [-0.2, 0) is 10.0 Å². The van der Waals surface area contributed by atoms with E-state index in [0.717, 1.165) is 12.8 Å². The molecule has 1 aromatic carbocycles. The van der Waals surface area contributed by atoms with Gasteiger partial charge in [0.25, 0.3) is 0 Å². The molecule has 31 heavy (non-hydrogen) atoms. The van der Waals surface area contributed by atoms with Gasteiger partial charge in [-0.2, -0.15) is 0 Å².